The van der Waals surface area contributed by atoms with E-state index < -0.39 is 5.54 Å². The Hall–Kier alpha value is -1.75. The molecular weight excluding hydrogens is 245 g/mol. The van der Waals surface area contributed by atoms with E-state index in [-0.39, 0.29) is 5.82 Å². The zero-order valence-electron chi connectivity index (χ0n) is 10.6. The molecule has 0 radical (unpaired) electrons. The maximum Gasteiger partial charge on any atom is 0.257 e. The molecule has 0 unspecified atom stereocenters. The second kappa shape index (κ2) is 4.74. The Kier molecular flexibility index (Phi) is 3.06. The third-order valence-electron chi connectivity index (χ3n) is 3.71. The van der Waals surface area contributed by atoms with Crippen LogP contribution in [-0.2, 0) is 5.54 Å². The predicted octanol–water partition coefficient (Wildman–Crippen LogP) is 2.99. The molecule has 5 heteroatoms. The number of nitrogens with two attached hydrogens (primary N) is 1. The Morgan fingerprint density at radius 1 is 1.11 bits per heavy atom. The fourth-order valence-corrected chi connectivity index (χ4v) is 2.54. The van der Waals surface area contributed by atoms with Gasteiger partial charge in [-0.3, -0.25) is 0 Å². The van der Waals surface area contributed by atoms with Gasteiger partial charge in [0.15, 0.2) is 5.82 Å². The fraction of sp³-hybridized carbons (Fsp3) is 0.429. The van der Waals surface area contributed by atoms with Crippen molar-refractivity contribution in [2.24, 2.45) is 5.73 Å². The molecule has 1 aromatic heterocycles. The van der Waals surface area contributed by atoms with Gasteiger partial charge in [-0.05, 0) is 37.1 Å². The fourth-order valence-electron chi connectivity index (χ4n) is 2.54. The molecule has 19 heavy (non-hydrogen) atoms. The molecular formula is C14H16FN3O. The smallest absolute Gasteiger partial charge is 0.257 e. The molecule has 4 nitrogen and oxygen atoms in total. The molecule has 0 amide bonds. The molecule has 1 fully saturated rings. The number of rotatable bonds is 2. The van der Waals surface area contributed by atoms with E-state index in [1.54, 1.807) is 12.1 Å². The lowest BCUT2D eigenvalue weighted by molar-refractivity contribution is 0.275. The first kappa shape index (κ1) is 12.3. The highest BCUT2D eigenvalue weighted by atomic mass is 19.1. The van der Waals surface area contributed by atoms with Gasteiger partial charge in [-0.25, -0.2) is 4.39 Å². The van der Waals surface area contributed by atoms with Crippen molar-refractivity contribution in [2.45, 2.75) is 37.6 Å². The van der Waals surface area contributed by atoms with Crippen LogP contribution < -0.4 is 5.73 Å². The van der Waals surface area contributed by atoms with Crippen molar-refractivity contribution in [3.05, 3.63) is 35.9 Å². The monoisotopic (exact) mass is 261 g/mol. The van der Waals surface area contributed by atoms with Gasteiger partial charge in [0.05, 0.1) is 5.54 Å². The molecule has 1 saturated carbocycles. The zero-order chi connectivity index (χ0) is 13.3. The summed E-state index contributed by atoms with van der Waals surface area (Å²) in [6.45, 7) is 0. The summed E-state index contributed by atoms with van der Waals surface area (Å²) >= 11 is 0. The maximum absolute atomic E-state index is 12.9. The minimum Gasteiger partial charge on any atom is -0.334 e. The van der Waals surface area contributed by atoms with Crippen LogP contribution in [0.1, 0.15) is 37.9 Å². The summed E-state index contributed by atoms with van der Waals surface area (Å²) in [5.74, 6) is 0.669. The highest BCUT2D eigenvalue weighted by Crippen LogP contribution is 2.33. The van der Waals surface area contributed by atoms with E-state index in [4.69, 9.17) is 10.3 Å². The predicted molar refractivity (Wildman–Crippen MR) is 68.6 cm³/mol. The molecule has 1 aromatic carbocycles. The van der Waals surface area contributed by atoms with Gasteiger partial charge in [0.25, 0.3) is 5.89 Å². The standard InChI is InChI=1S/C14H16FN3O/c15-11-6-4-10(5-7-11)12-17-13(18-19-12)14(16)8-2-1-3-9-14/h4-7H,1-3,8-9,16H2. The lowest BCUT2D eigenvalue weighted by Crippen LogP contribution is -2.39. The van der Waals surface area contributed by atoms with Crippen molar-refractivity contribution in [3.63, 3.8) is 0 Å². The Bertz CT molecular complexity index is 558. The highest BCUT2D eigenvalue weighted by Gasteiger charge is 2.34. The first-order valence-corrected chi connectivity index (χ1v) is 6.56. The second-order valence-corrected chi connectivity index (χ2v) is 5.15. The Morgan fingerprint density at radius 2 is 1.79 bits per heavy atom. The van der Waals surface area contributed by atoms with E-state index in [2.05, 4.69) is 10.1 Å². The summed E-state index contributed by atoms with van der Waals surface area (Å²) in [5.41, 5.74) is 6.59. The van der Waals surface area contributed by atoms with Crippen LogP contribution in [0.4, 0.5) is 4.39 Å². The average molecular weight is 261 g/mol. The van der Waals surface area contributed by atoms with Crippen LogP contribution >= 0.6 is 0 Å². The Labute approximate surface area is 110 Å². The van der Waals surface area contributed by atoms with Gasteiger partial charge in [0.2, 0.25) is 0 Å². The van der Waals surface area contributed by atoms with Crippen molar-refractivity contribution < 1.29 is 8.91 Å². The lowest BCUT2D eigenvalue weighted by Gasteiger charge is -2.29. The Balaban J connectivity index is 1.88. The molecule has 0 bridgehead atoms. The SMILES string of the molecule is NC1(c2noc(-c3ccc(F)cc3)n2)CCCCC1. The van der Waals surface area contributed by atoms with Crippen LogP contribution in [0.5, 0.6) is 0 Å². The second-order valence-electron chi connectivity index (χ2n) is 5.15. The quantitative estimate of drug-likeness (QED) is 0.902. The lowest BCUT2D eigenvalue weighted by atomic mass is 9.82. The van der Waals surface area contributed by atoms with Crippen molar-refractivity contribution in [2.75, 3.05) is 0 Å². The summed E-state index contributed by atoms with van der Waals surface area (Å²) in [5, 5.41) is 4.01. The van der Waals surface area contributed by atoms with E-state index in [0.29, 0.717) is 17.3 Å². The highest BCUT2D eigenvalue weighted by molar-refractivity contribution is 5.52. The summed E-state index contributed by atoms with van der Waals surface area (Å²) in [4.78, 5) is 4.38. The number of hydrogen-bond donors (Lipinski definition) is 1. The number of benzene rings is 1. The Morgan fingerprint density at radius 3 is 2.47 bits per heavy atom. The maximum atomic E-state index is 12.9. The van der Waals surface area contributed by atoms with E-state index in [9.17, 15) is 4.39 Å². The summed E-state index contributed by atoms with van der Waals surface area (Å²) < 4.78 is 18.1. The largest absolute Gasteiger partial charge is 0.334 e. The molecule has 0 atom stereocenters. The minimum absolute atomic E-state index is 0.286. The van der Waals surface area contributed by atoms with Crippen molar-refractivity contribution in [1.29, 1.82) is 0 Å². The zero-order valence-corrected chi connectivity index (χ0v) is 10.6. The van der Waals surface area contributed by atoms with E-state index in [1.165, 1.54) is 18.6 Å². The molecule has 1 aliphatic rings. The molecule has 1 aliphatic carbocycles. The van der Waals surface area contributed by atoms with Crippen LogP contribution in [0.25, 0.3) is 11.5 Å². The van der Waals surface area contributed by atoms with Gasteiger partial charge >= 0.3 is 0 Å². The van der Waals surface area contributed by atoms with Gasteiger partial charge in [-0.1, -0.05) is 24.4 Å². The number of hydrogen-bond acceptors (Lipinski definition) is 4. The van der Waals surface area contributed by atoms with Crippen molar-refractivity contribution in [1.82, 2.24) is 10.1 Å². The van der Waals surface area contributed by atoms with Gasteiger partial charge in [-0.15, -0.1) is 0 Å². The summed E-state index contributed by atoms with van der Waals surface area (Å²) in [6, 6.07) is 5.99. The molecule has 2 N–H and O–H groups in total. The van der Waals surface area contributed by atoms with Crippen LogP contribution in [0.2, 0.25) is 0 Å². The van der Waals surface area contributed by atoms with Gasteiger partial charge in [0.1, 0.15) is 5.82 Å². The van der Waals surface area contributed by atoms with Crippen LogP contribution in [-0.4, -0.2) is 10.1 Å². The van der Waals surface area contributed by atoms with Crippen LogP contribution in [0.3, 0.4) is 0 Å². The number of halogens is 1. The topological polar surface area (TPSA) is 64.9 Å². The van der Waals surface area contributed by atoms with Gasteiger partial charge < -0.3 is 10.3 Å². The van der Waals surface area contributed by atoms with Gasteiger partial charge in [-0.2, -0.15) is 4.98 Å². The van der Waals surface area contributed by atoms with E-state index in [1.807, 2.05) is 0 Å². The average Bonchev–Trinajstić information content (AvgIpc) is 2.91. The van der Waals surface area contributed by atoms with E-state index >= 15 is 0 Å². The number of aromatic nitrogens is 2. The molecule has 2 aromatic rings. The van der Waals surface area contributed by atoms with Crippen LogP contribution in [0.15, 0.2) is 28.8 Å². The van der Waals surface area contributed by atoms with Crippen LogP contribution in [0, 0.1) is 5.82 Å². The van der Waals surface area contributed by atoms with E-state index in [0.717, 1.165) is 25.7 Å². The molecule has 3 rings (SSSR count). The summed E-state index contributed by atoms with van der Waals surface area (Å²) in [6.07, 6.45) is 5.17. The minimum atomic E-state index is -0.472. The van der Waals surface area contributed by atoms with Crippen molar-refractivity contribution in [3.8, 4) is 11.5 Å². The first-order valence-electron chi connectivity index (χ1n) is 6.56. The first-order chi connectivity index (χ1) is 9.17. The summed E-state index contributed by atoms with van der Waals surface area (Å²) in [7, 11) is 0. The third-order valence-corrected chi connectivity index (χ3v) is 3.71. The number of nitrogens with zero attached hydrogens (tertiary/aromatic N) is 2. The molecule has 1 heterocycles. The molecule has 0 saturated heterocycles. The molecule has 0 aliphatic heterocycles. The third kappa shape index (κ3) is 2.38. The molecule has 100 valence electrons. The van der Waals surface area contributed by atoms with Crippen molar-refractivity contribution >= 4 is 0 Å². The van der Waals surface area contributed by atoms with Gasteiger partial charge in [0, 0.05) is 5.56 Å². The molecule has 0 spiro atoms. The normalized spacial score (nSPS) is 18.4.